The van der Waals surface area contributed by atoms with Gasteiger partial charge in [0.05, 0.1) is 7.11 Å². The number of aromatic nitrogens is 1. The Labute approximate surface area is 143 Å². The van der Waals surface area contributed by atoms with Gasteiger partial charge in [-0.15, -0.1) is 0 Å². The molecular weight excluding hydrogens is 300 g/mol. The third-order valence-corrected chi connectivity index (χ3v) is 4.43. The molecule has 0 saturated carbocycles. The predicted molar refractivity (Wildman–Crippen MR) is 96.4 cm³/mol. The van der Waals surface area contributed by atoms with Gasteiger partial charge in [0.2, 0.25) is 5.88 Å². The Morgan fingerprint density at radius 3 is 2.79 bits per heavy atom. The third-order valence-electron chi connectivity index (χ3n) is 4.43. The van der Waals surface area contributed by atoms with E-state index in [1.807, 2.05) is 25.4 Å². The topological polar surface area (TPSA) is 49.8 Å². The van der Waals surface area contributed by atoms with E-state index in [0.29, 0.717) is 18.3 Å². The van der Waals surface area contributed by atoms with Crippen LogP contribution < -0.4 is 10.1 Å². The van der Waals surface area contributed by atoms with Crippen molar-refractivity contribution in [3.63, 3.8) is 0 Å². The van der Waals surface area contributed by atoms with E-state index < -0.39 is 0 Å². The number of guanidine groups is 1. The second-order valence-corrected chi connectivity index (χ2v) is 5.95. The number of nitrogens with zero attached hydrogens (tertiary/aromatic N) is 3. The quantitative estimate of drug-likeness (QED) is 0.694. The maximum Gasteiger partial charge on any atom is 0.212 e. The van der Waals surface area contributed by atoms with Gasteiger partial charge in [-0.3, -0.25) is 4.99 Å². The molecular formula is C19H24N4O. The molecule has 1 fully saturated rings. The molecule has 5 nitrogen and oxygen atoms in total. The zero-order valence-corrected chi connectivity index (χ0v) is 14.3. The second-order valence-electron chi connectivity index (χ2n) is 5.95. The van der Waals surface area contributed by atoms with Crippen molar-refractivity contribution in [3.05, 3.63) is 59.8 Å². The summed E-state index contributed by atoms with van der Waals surface area (Å²) in [5, 5.41) is 3.43. The number of aliphatic imine (C=N–C) groups is 1. The smallest absolute Gasteiger partial charge is 0.212 e. The van der Waals surface area contributed by atoms with Gasteiger partial charge < -0.3 is 15.0 Å². The highest BCUT2D eigenvalue weighted by Crippen LogP contribution is 2.26. The lowest BCUT2D eigenvalue weighted by Gasteiger charge is -2.22. The first kappa shape index (κ1) is 16.3. The number of rotatable bonds is 4. The zero-order valence-electron chi connectivity index (χ0n) is 14.3. The summed E-state index contributed by atoms with van der Waals surface area (Å²) in [4.78, 5) is 11.0. The normalized spacial score (nSPS) is 17.8. The van der Waals surface area contributed by atoms with Crippen LogP contribution in [0.3, 0.4) is 0 Å². The molecule has 1 atom stereocenters. The summed E-state index contributed by atoms with van der Waals surface area (Å²) >= 11 is 0. The van der Waals surface area contributed by atoms with Gasteiger partial charge >= 0.3 is 0 Å². The van der Waals surface area contributed by atoms with E-state index in [1.54, 1.807) is 7.11 Å². The lowest BCUT2D eigenvalue weighted by molar-refractivity contribution is 0.397. The van der Waals surface area contributed by atoms with E-state index in [0.717, 1.165) is 31.0 Å². The Morgan fingerprint density at radius 2 is 2.12 bits per heavy atom. The molecule has 2 heterocycles. The van der Waals surface area contributed by atoms with Crippen LogP contribution in [-0.2, 0) is 6.54 Å². The molecule has 2 aromatic rings. The number of nitrogens with one attached hydrogen (secondary N) is 1. The molecule has 0 bridgehead atoms. The standard InChI is InChI=1S/C19H24N4O/c1-20-19(22-13-15-8-9-18(24-2)21-12-15)23-11-10-17(14-23)16-6-4-3-5-7-16/h3-9,12,17H,10-11,13-14H2,1-2H3,(H,20,22). The van der Waals surface area contributed by atoms with E-state index in [2.05, 4.69) is 50.5 Å². The van der Waals surface area contributed by atoms with Crippen LogP contribution in [0, 0.1) is 0 Å². The molecule has 126 valence electrons. The summed E-state index contributed by atoms with van der Waals surface area (Å²) in [6.45, 7) is 2.74. The lowest BCUT2D eigenvalue weighted by atomic mass is 9.99. The van der Waals surface area contributed by atoms with Gasteiger partial charge in [0, 0.05) is 44.9 Å². The van der Waals surface area contributed by atoms with Gasteiger partial charge in [0.1, 0.15) is 0 Å². The summed E-state index contributed by atoms with van der Waals surface area (Å²) in [7, 11) is 3.46. The number of likely N-dealkylation sites (tertiary alicyclic amines) is 1. The molecule has 0 amide bonds. The number of hydrogen-bond acceptors (Lipinski definition) is 3. The Bertz CT molecular complexity index is 670. The van der Waals surface area contributed by atoms with Crippen molar-refractivity contribution in [2.75, 3.05) is 27.2 Å². The van der Waals surface area contributed by atoms with Crippen molar-refractivity contribution in [1.82, 2.24) is 15.2 Å². The molecule has 24 heavy (non-hydrogen) atoms. The van der Waals surface area contributed by atoms with E-state index >= 15 is 0 Å². The highest BCUT2D eigenvalue weighted by atomic mass is 16.5. The first-order valence-corrected chi connectivity index (χ1v) is 8.29. The molecule has 1 unspecified atom stereocenters. The van der Waals surface area contributed by atoms with Crippen LogP contribution in [0.15, 0.2) is 53.7 Å². The second kappa shape index (κ2) is 7.81. The Hall–Kier alpha value is -2.56. The third kappa shape index (κ3) is 3.85. The maximum atomic E-state index is 5.09. The number of benzene rings is 1. The summed E-state index contributed by atoms with van der Waals surface area (Å²) in [6.07, 6.45) is 2.99. The molecule has 0 radical (unpaired) electrons. The summed E-state index contributed by atoms with van der Waals surface area (Å²) in [6, 6.07) is 14.6. The van der Waals surface area contributed by atoms with Gasteiger partial charge in [-0.25, -0.2) is 4.98 Å². The molecule has 1 aromatic carbocycles. The number of hydrogen-bond donors (Lipinski definition) is 1. The Balaban J connectivity index is 1.57. The fourth-order valence-corrected chi connectivity index (χ4v) is 3.10. The SMILES string of the molecule is CN=C(NCc1ccc(OC)nc1)N1CCC(c2ccccc2)C1. The molecule has 1 aliphatic heterocycles. The first-order valence-electron chi connectivity index (χ1n) is 8.29. The van der Waals surface area contributed by atoms with Crippen molar-refractivity contribution >= 4 is 5.96 Å². The summed E-state index contributed by atoms with van der Waals surface area (Å²) in [5.74, 6) is 2.16. The van der Waals surface area contributed by atoms with Crippen LogP contribution in [0.4, 0.5) is 0 Å². The van der Waals surface area contributed by atoms with Crippen LogP contribution in [0.5, 0.6) is 5.88 Å². The number of methoxy groups -OCH3 is 1. The van der Waals surface area contributed by atoms with E-state index in [-0.39, 0.29) is 0 Å². The molecule has 1 aromatic heterocycles. The summed E-state index contributed by atoms with van der Waals surface area (Å²) < 4.78 is 5.09. The van der Waals surface area contributed by atoms with Crippen LogP contribution >= 0.6 is 0 Å². The van der Waals surface area contributed by atoms with Gasteiger partial charge in [0.15, 0.2) is 5.96 Å². The largest absolute Gasteiger partial charge is 0.481 e. The average molecular weight is 324 g/mol. The van der Waals surface area contributed by atoms with E-state index in [4.69, 9.17) is 4.74 Å². The summed E-state index contributed by atoms with van der Waals surface area (Å²) in [5.41, 5.74) is 2.52. The van der Waals surface area contributed by atoms with Gasteiger partial charge in [0.25, 0.3) is 0 Å². The van der Waals surface area contributed by atoms with Gasteiger partial charge in [-0.1, -0.05) is 36.4 Å². The Morgan fingerprint density at radius 1 is 1.29 bits per heavy atom. The van der Waals surface area contributed by atoms with Crippen LogP contribution in [0.25, 0.3) is 0 Å². The van der Waals surface area contributed by atoms with Crippen molar-refractivity contribution in [2.45, 2.75) is 18.9 Å². The van der Waals surface area contributed by atoms with Crippen LogP contribution in [-0.4, -0.2) is 43.1 Å². The van der Waals surface area contributed by atoms with E-state index in [1.165, 1.54) is 5.56 Å². The van der Waals surface area contributed by atoms with Crippen molar-refractivity contribution in [3.8, 4) is 5.88 Å². The molecule has 0 spiro atoms. The first-order chi connectivity index (χ1) is 11.8. The number of pyridine rings is 1. The minimum absolute atomic E-state index is 0.576. The highest BCUT2D eigenvalue weighted by molar-refractivity contribution is 5.80. The molecule has 1 saturated heterocycles. The van der Waals surface area contributed by atoms with Gasteiger partial charge in [-0.05, 0) is 17.5 Å². The fraction of sp³-hybridized carbons (Fsp3) is 0.368. The highest BCUT2D eigenvalue weighted by Gasteiger charge is 2.25. The van der Waals surface area contributed by atoms with Crippen molar-refractivity contribution < 1.29 is 4.74 Å². The zero-order chi connectivity index (χ0) is 16.8. The number of ether oxygens (including phenoxy) is 1. The molecule has 5 heteroatoms. The van der Waals surface area contributed by atoms with E-state index in [9.17, 15) is 0 Å². The minimum atomic E-state index is 0.576. The lowest BCUT2D eigenvalue weighted by Crippen LogP contribution is -2.39. The molecule has 1 aliphatic rings. The van der Waals surface area contributed by atoms with Crippen molar-refractivity contribution in [2.24, 2.45) is 4.99 Å². The van der Waals surface area contributed by atoms with Crippen LogP contribution in [0.2, 0.25) is 0 Å². The monoisotopic (exact) mass is 324 g/mol. The van der Waals surface area contributed by atoms with Gasteiger partial charge in [-0.2, -0.15) is 0 Å². The van der Waals surface area contributed by atoms with Crippen LogP contribution in [0.1, 0.15) is 23.5 Å². The van der Waals surface area contributed by atoms with Crippen molar-refractivity contribution in [1.29, 1.82) is 0 Å². The predicted octanol–water partition coefficient (Wildman–Crippen LogP) is 2.66. The maximum absolute atomic E-state index is 5.09. The average Bonchev–Trinajstić information content (AvgIpc) is 3.13. The Kier molecular flexibility index (Phi) is 5.31. The molecule has 0 aliphatic carbocycles. The minimum Gasteiger partial charge on any atom is -0.481 e. The fourth-order valence-electron chi connectivity index (χ4n) is 3.10. The molecule has 1 N–H and O–H groups in total. The molecule has 3 rings (SSSR count).